The molecule has 2 aromatic heterocycles. The number of benzene rings is 1. The van der Waals surface area contributed by atoms with Crippen LogP contribution in [0.15, 0.2) is 49.1 Å². The van der Waals surface area contributed by atoms with Crippen molar-refractivity contribution in [3.63, 3.8) is 0 Å². The first-order valence-electron chi connectivity index (χ1n) is 6.65. The molecule has 0 aliphatic carbocycles. The highest BCUT2D eigenvalue weighted by molar-refractivity contribution is 6.07. The van der Waals surface area contributed by atoms with Crippen molar-refractivity contribution in [3.05, 3.63) is 54.7 Å². The summed E-state index contributed by atoms with van der Waals surface area (Å²) in [5.74, 6) is -0.248. The van der Waals surface area contributed by atoms with Crippen molar-refractivity contribution in [2.45, 2.75) is 6.54 Å². The maximum atomic E-state index is 12.2. The monoisotopic (exact) mass is 281 g/mol. The maximum Gasteiger partial charge on any atom is 0.275 e. The third-order valence-corrected chi connectivity index (χ3v) is 3.15. The smallest absolute Gasteiger partial charge is 0.275 e. The second kappa shape index (κ2) is 5.72. The van der Waals surface area contributed by atoms with Crippen molar-refractivity contribution in [1.82, 2.24) is 14.5 Å². The van der Waals surface area contributed by atoms with Crippen molar-refractivity contribution < 1.29 is 4.79 Å². The molecule has 2 heterocycles. The van der Waals surface area contributed by atoms with Gasteiger partial charge < -0.3 is 15.6 Å². The molecule has 6 nitrogen and oxygen atoms in total. The first kappa shape index (κ1) is 13.3. The Morgan fingerprint density at radius 3 is 3.00 bits per heavy atom. The minimum absolute atomic E-state index is 0.248. The van der Waals surface area contributed by atoms with E-state index in [0.717, 1.165) is 16.6 Å². The Morgan fingerprint density at radius 2 is 2.14 bits per heavy atom. The highest BCUT2D eigenvalue weighted by Crippen LogP contribution is 2.21. The second-order valence-electron chi connectivity index (χ2n) is 4.62. The van der Waals surface area contributed by atoms with E-state index >= 15 is 0 Å². The zero-order chi connectivity index (χ0) is 14.7. The average Bonchev–Trinajstić information content (AvgIpc) is 2.97. The molecule has 0 aliphatic rings. The molecule has 1 aromatic carbocycles. The fourth-order valence-corrected chi connectivity index (χ4v) is 2.15. The summed E-state index contributed by atoms with van der Waals surface area (Å²) in [6, 6.07) is 9.37. The van der Waals surface area contributed by atoms with E-state index in [1.165, 1.54) is 0 Å². The predicted octanol–water partition coefficient (Wildman–Crippen LogP) is 1.64. The Balaban J connectivity index is 1.85. The van der Waals surface area contributed by atoms with Crippen molar-refractivity contribution in [2.24, 2.45) is 5.73 Å². The van der Waals surface area contributed by atoms with Gasteiger partial charge in [-0.3, -0.25) is 9.78 Å². The van der Waals surface area contributed by atoms with Gasteiger partial charge in [0, 0.05) is 30.9 Å². The van der Waals surface area contributed by atoms with Gasteiger partial charge in [-0.05, 0) is 24.3 Å². The van der Waals surface area contributed by atoms with Gasteiger partial charge in [-0.2, -0.15) is 0 Å². The van der Waals surface area contributed by atoms with Gasteiger partial charge in [0.2, 0.25) is 0 Å². The number of amides is 1. The van der Waals surface area contributed by atoms with E-state index in [-0.39, 0.29) is 5.91 Å². The molecule has 0 fully saturated rings. The number of aromatic nitrogens is 3. The van der Waals surface area contributed by atoms with Crippen LogP contribution in [0.2, 0.25) is 0 Å². The van der Waals surface area contributed by atoms with Gasteiger partial charge in [-0.25, -0.2) is 4.98 Å². The highest BCUT2D eigenvalue weighted by Gasteiger charge is 2.11. The van der Waals surface area contributed by atoms with Crippen LogP contribution in [0.1, 0.15) is 10.5 Å². The number of pyridine rings is 1. The van der Waals surface area contributed by atoms with Crippen LogP contribution in [0.3, 0.4) is 0 Å². The Hall–Kier alpha value is -2.73. The molecule has 0 radical (unpaired) electrons. The van der Waals surface area contributed by atoms with Crippen LogP contribution < -0.4 is 11.1 Å². The van der Waals surface area contributed by atoms with Crippen molar-refractivity contribution in [2.75, 3.05) is 11.9 Å². The molecule has 0 spiro atoms. The van der Waals surface area contributed by atoms with Crippen LogP contribution in [0, 0.1) is 0 Å². The van der Waals surface area contributed by atoms with Gasteiger partial charge in [-0.1, -0.05) is 6.07 Å². The summed E-state index contributed by atoms with van der Waals surface area (Å²) in [5.41, 5.74) is 7.40. The van der Waals surface area contributed by atoms with Gasteiger partial charge in [0.1, 0.15) is 5.69 Å². The second-order valence-corrected chi connectivity index (χ2v) is 4.62. The number of imidazole rings is 1. The lowest BCUT2D eigenvalue weighted by molar-refractivity contribution is 0.102. The van der Waals surface area contributed by atoms with Crippen LogP contribution in [-0.2, 0) is 6.54 Å². The van der Waals surface area contributed by atoms with Crippen LogP contribution in [0.4, 0.5) is 5.69 Å². The zero-order valence-electron chi connectivity index (χ0n) is 11.4. The number of fused-ring (bicyclic) bond motifs is 1. The third kappa shape index (κ3) is 2.75. The number of nitrogens with one attached hydrogen (secondary N) is 1. The van der Waals surface area contributed by atoms with Crippen LogP contribution >= 0.6 is 0 Å². The Bertz CT molecular complexity index is 775. The molecule has 106 valence electrons. The number of rotatable bonds is 4. The third-order valence-electron chi connectivity index (χ3n) is 3.15. The van der Waals surface area contributed by atoms with E-state index in [1.807, 2.05) is 30.3 Å². The lowest BCUT2D eigenvalue weighted by atomic mass is 10.2. The lowest BCUT2D eigenvalue weighted by Gasteiger charge is -2.06. The molecule has 3 rings (SSSR count). The summed E-state index contributed by atoms with van der Waals surface area (Å²) in [4.78, 5) is 20.6. The summed E-state index contributed by atoms with van der Waals surface area (Å²) in [7, 11) is 0. The van der Waals surface area contributed by atoms with Crippen LogP contribution in [-0.4, -0.2) is 27.0 Å². The molecule has 0 unspecified atom stereocenters. The number of carbonyl (C=O) groups excluding carboxylic acids is 1. The number of nitrogens with zero attached hydrogens (tertiary/aromatic N) is 3. The zero-order valence-corrected chi connectivity index (χ0v) is 11.4. The SMILES string of the molecule is NCCn1cnc(C(=O)Nc2cccc3ncccc23)c1. The Labute approximate surface area is 121 Å². The van der Waals surface area contributed by atoms with E-state index in [4.69, 9.17) is 5.73 Å². The molecule has 21 heavy (non-hydrogen) atoms. The summed E-state index contributed by atoms with van der Waals surface area (Å²) in [6.45, 7) is 1.14. The van der Waals surface area contributed by atoms with Crippen LogP contribution in [0.25, 0.3) is 10.9 Å². The van der Waals surface area contributed by atoms with Crippen molar-refractivity contribution >= 4 is 22.5 Å². The molecule has 1 amide bonds. The van der Waals surface area contributed by atoms with E-state index in [9.17, 15) is 4.79 Å². The number of hydrogen-bond acceptors (Lipinski definition) is 4. The average molecular weight is 281 g/mol. The van der Waals surface area contributed by atoms with E-state index in [2.05, 4.69) is 15.3 Å². The molecule has 0 atom stereocenters. The standard InChI is InChI=1S/C15H15N5O/c16-6-8-20-9-14(18-10-20)15(21)19-13-5-1-4-12-11(13)3-2-7-17-12/h1-5,7,9-10H,6,8,16H2,(H,19,21). The minimum atomic E-state index is -0.248. The van der Waals surface area contributed by atoms with Gasteiger partial charge in [-0.15, -0.1) is 0 Å². The number of nitrogens with two attached hydrogens (primary N) is 1. The van der Waals surface area contributed by atoms with E-state index < -0.39 is 0 Å². The lowest BCUT2D eigenvalue weighted by Crippen LogP contribution is -2.13. The van der Waals surface area contributed by atoms with Crippen molar-refractivity contribution in [1.29, 1.82) is 0 Å². The first-order valence-corrected chi connectivity index (χ1v) is 6.65. The predicted molar refractivity (Wildman–Crippen MR) is 81.0 cm³/mol. The molecule has 3 N–H and O–H groups in total. The quantitative estimate of drug-likeness (QED) is 0.761. The largest absolute Gasteiger partial charge is 0.335 e. The molecule has 0 saturated heterocycles. The molecule has 6 heteroatoms. The normalized spacial score (nSPS) is 10.7. The van der Waals surface area contributed by atoms with Gasteiger partial charge in [0.25, 0.3) is 5.91 Å². The van der Waals surface area contributed by atoms with Crippen molar-refractivity contribution in [3.8, 4) is 0 Å². The summed E-state index contributed by atoms with van der Waals surface area (Å²) in [5, 5.41) is 3.77. The van der Waals surface area contributed by atoms with Gasteiger partial charge >= 0.3 is 0 Å². The van der Waals surface area contributed by atoms with E-state index in [0.29, 0.717) is 18.8 Å². The molecule has 0 saturated carbocycles. The molecular formula is C15H15N5O. The molecular weight excluding hydrogens is 266 g/mol. The fourth-order valence-electron chi connectivity index (χ4n) is 2.15. The Kier molecular flexibility index (Phi) is 3.61. The first-order chi connectivity index (χ1) is 10.3. The van der Waals surface area contributed by atoms with Gasteiger partial charge in [0.05, 0.1) is 17.5 Å². The molecule has 0 aliphatic heterocycles. The summed E-state index contributed by atoms with van der Waals surface area (Å²) in [6.07, 6.45) is 5.01. The summed E-state index contributed by atoms with van der Waals surface area (Å²) < 4.78 is 1.79. The van der Waals surface area contributed by atoms with E-state index in [1.54, 1.807) is 23.3 Å². The fraction of sp³-hybridized carbons (Fsp3) is 0.133. The Morgan fingerprint density at radius 1 is 1.24 bits per heavy atom. The highest BCUT2D eigenvalue weighted by atomic mass is 16.1. The topological polar surface area (TPSA) is 85.8 Å². The number of anilines is 1. The number of carbonyl (C=O) groups is 1. The molecule has 0 bridgehead atoms. The molecule has 3 aromatic rings. The minimum Gasteiger partial charge on any atom is -0.335 e. The number of hydrogen-bond donors (Lipinski definition) is 2. The maximum absolute atomic E-state index is 12.2. The van der Waals surface area contributed by atoms with Crippen LogP contribution in [0.5, 0.6) is 0 Å². The van der Waals surface area contributed by atoms with Gasteiger partial charge in [0.15, 0.2) is 0 Å². The summed E-state index contributed by atoms with van der Waals surface area (Å²) >= 11 is 0.